The number of anilines is 1. The largest absolute Gasteiger partial charge is 0.478 e. The van der Waals surface area contributed by atoms with Crippen molar-refractivity contribution >= 4 is 29.2 Å². The smallest absolute Gasteiger partial charge is 0.328 e. The molecule has 0 aliphatic heterocycles. The number of benzene rings is 2. The summed E-state index contributed by atoms with van der Waals surface area (Å²) in [4.78, 5) is 19.1. The van der Waals surface area contributed by atoms with Gasteiger partial charge in [-0.05, 0) is 43.1 Å². The van der Waals surface area contributed by atoms with Crippen LogP contribution < -0.4 is 11.1 Å². The van der Waals surface area contributed by atoms with E-state index in [2.05, 4.69) is 23.5 Å². The van der Waals surface area contributed by atoms with Crippen molar-refractivity contribution in [3.8, 4) is 6.07 Å². The van der Waals surface area contributed by atoms with Gasteiger partial charge in [0, 0.05) is 17.2 Å². The van der Waals surface area contributed by atoms with Crippen molar-refractivity contribution in [2.75, 3.05) is 11.9 Å². The van der Waals surface area contributed by atoms with Crippen LogP contribution in [0.25, 0.3) is 0 Å². The predicted octanol–water partition coefficient (Wildman–Crippen LogP) is 3.82. The summed E-state index contributed by atoms with van der Waals surface area (Å²) in [5.74, 6) is -2.51. The molecule has 0 heterocycles. The molecule has 5 N–H and O–H groups in total. The first-order chi connectivity index (χ1) is 13.9. The van der Waals surface area contributed by atoms with Crippen LogP contribution in [0.3, 0.4) is 0 Å². The second-order valence-electron chi connectivity index (χ2n) is 5.85. The minimum absolute atomic E-state index is 0.111. The van der Waals surface area contributed by atoms with Gasteiger partial charge in [0.1, 0.15) is 6.07 Å². The van der Waals surface area contributed by atoms with Crippen LogP contribution in [-0.2, 0) is 9.59 Å². The third kappa shape index (κ3) is 9.42. The Hall–Kier alpha value is -3.34. The van der Waals surface area contributed by atoms with E-state index in [0.29, 0.717) is 29.3 Å². The van der Waals surface area contributed by atoms with E-state index in [9.17, 15) is 14.9 Å². The normalized spacial score (nSPS) is 11.1. The maximum absolute atomic E-state index is 9.55. The Morgan fingerprint density at radius 1 is 1.14 bits per heavy atom. The summed E-state index contributed by atoms with van der Waals surface area (Å²) < 4.78 is 0. The molecule has 0 saturated carbocycles. The first kappa shape index (κ1) is 23.7. The SMILES string of the molecule is N#Cc1ccc(Cl)cc1NC(CCCN)c1ccccc1.O=C(O)C=CC(=O)O. The maximum atomic E-state index is 9.55. The molecule has 7 nitrogen and oxygen atoms in total. The summed E-state index contributed by atoms with van der Waals surface area (Å²) in [6, 6.07) is 17.7. The summed E-state index contributed by atoms with van der Waals surface area (Å²) in [7, 11) is 0. The first-order valence-electron chi connectivity index (χ1n) is 8.72. The summed E-state index contributed by atoms with van der Waals surface area (Å²) >= 11 is 6.04. The van der Waals surface area contributed by atoms with Gasteiger partial charge in [-0.3, -0.25) is 0 Å². The minimum atomic E-state index is -1.26. The summed E-state index contributed by atoms with van der Waals surface area (Å²) in [5.41, 5.74) is 8.15. The molecule has 2 rings (SSSR count). The fourth-order valence-corrected chi connectivity index (χ4v) is 2.57. The molecule has 0 amide bonds. The Morgan fingerprint density at radius 2 is 1.76 bits per heavy atom. The van der Waals surface area contributed by atoms with Crippen molar-refractivity contribution in [2.24, 2.45) is 5.73 Å². The highest BCUT2D eigenvalue weighted by atomic mass is 35.5. The fraction of sp³-hybridized carbons (Fsp3) is 0.190. The number of aliphatic carboxylic acids is 2. The van der Waals surface area contributed by atoms with E-state index >= 15 is 0 Å². The van der Waals surface area contributed by atoms with Crippen LogP contribution in [-0.4, -0.2) is 28.7 Å². The molecular formula is C21H22ClN3O4. The Balaban J connectivity index is 0.000000447. The standard InChI is InChI=1S/C17H18ClN3.C4H4O4/c18-15-9-8-14(12-20)17(11-15)21-16(7-4-10-19)13-5-2-1-3-6-13;5-3(6)1-2-4(7)8/h1-3,5-6,8-9,11,16,21H,4,7,10,19H2;1-2H,(H,5,6)(H,7,8). The molecule has 0 aromatic heterocycles. The minimum Gasteiger partial charge on any atom is -0.478 e. The van der Waals surface area contributed by atoms with Crippen molar-refractivity contribution in [3.05, 3.63) is 76.8 Å². The molecule has 0 fully saturated rings. The van der Waals surface area contributed by atoms with Crippen LogP contribution in [0, 0.1) is 11.3 Å². The number of carboxylic acid groups (broad SMARTS) is 2. The van der Waals surface area contributed by atoms with Crippen LogP contribution >= 0.6 is 11.6 Å². The zero-order valence-electron chi connectivity index (χ0n) is 15.6. The molecule has 0 spiro atoms. The fourth-order valence-electron chi connectivity index (χ4n) is 2.39. The highest BCUT2D eigenvalue weighted by Gasteiger charge is 2.13. The van der Waals surface area contributed by atoms with Gasteiger partial charge in [-0.25, -0.2) is 9.59 Å². The number of rotatable bonds is 8. The van der Waals surface area contributed by atoms with Gasteiger partial charge in [0.25, 0.3) is 0 Å². The number of nitrogens with two attached hydrogens (primary N) is 1. The lowest BCUT2D eigenvalue weighted by Crippen LogP contribution is -2.13. The number of hydrogen-bond donors (Lipinski definition) is 4. The highest BCUT2D eigenvalue weighted by Crippen LogP contribution is 2.27. The maximum Gasteiger partial charge on any atom is 0.328 e. The van der Waals surface area contributed by atoms with Gasteiger partial charge < -0.3 is 21.3 Å². The molecule has 1 unspecified atom stereocenters. The number of nitrogens with zero attached hydrogens (tertiary/aromatic N) is 1. The number of carbonyl (C=O) groups is 2. The summed E-state index contributed by atoms with van der Waals surface area (Å²) in [6.45, 7) is 0.645. The van der Waals surface area contributed by atoms with Gasteiger partial charge in [-0.2, -0.15) is 5.26 Å². The summed E-state index contributed by atoms with van der Waals surface area (Å²) in [5, 5.41) is 28.9. The Bertz CT molecular complexity index is 863. The van der Waals surface area contributed by atoms with Gasteiger partial charge in [0.05, 0.1) is 17.3 Å². The molecule has 0 saturated heterocycles. The molecule has 0 aliphatic rings. The number of carboxylic acids is 2. The van der Waals surface area contributed by atoms with Crippen LogP contribution in [0.4, 0.5) is 5.69 Å². The zero-order valence-corrected chi connectivity index (χ0v) is 16.3. The molecule has 2 aromatic rings. The lowest BCUT2D eigenvalue weighted by molar-refractivity contribution is -0.134. The van der Waals surface area contributed by atoms with Crippen LogP contribution in [0.2, 0.25) is 5.02 Å². The molecule has 0 aliphatic carbocycles. The highest BCUT2D eigenvalue weighted by molar-refractivity contribution is 6.30. The van der Waals surface area contributed by atoms with E-state index in [1.807, 2.05) is 18.2 Å². The molecule has 2 aromatic carbocycles. The lowest BCUT2D eigenvalue weighted by Gasteiger charge is -2.21. The average molecular weight is 416 g/mol. The second kappa shape index (κ2) is 12.9. The average Bonchev–Trinajstić information content (AvgIpc) is 2.71. The van der Waals surface area contributed by atoms with Gasteiger partial charge in [-0.15, -0.1) is 0 Å². The van der Waals surface area contributed by atoms with E-state index in [0.717, 1.165) is 18.5 Å². The second-order valence-corrected chi connectivity index (χ2v) is 6.29. The molecule has 152 valence electrons. The van der Waals surface area contributed by atoms with Gasteiger partial charge in [0.2, 0.25) is 0 Å². The Kier molecular flexibility index (Phi) is 10.6. The number of nitrogens with one attached hydrogen (secondary N) is 1. The molecule has 0 bridgehead atoms. The van der Waals surface area contributed by atoms with E-state index in [1.165, 1.54) is 5.56 Å². The Morgan fingerprint density at radius 3 is 2.28 bits per heavy atom. The van der Waals surface area contributed by atoms with E-state index in [4.69, 9.17) is 27.5 Å². The third-order valence-electron chi connectivity index (χ3n) is 3.70. The van der Waals surface area contributed by atoms with Crippen molar-refractivity contribution in [1.29, 1.82) is 5.26 Å². The predicted molar refractivity (Wildman–Crippen MR) is 112 cm³/mol. The van der Waals surface area contributed by atoms with E-state index in [-0.39, 0.29) is 6.04 Å². The van der Waals surface area contributed by atoms with Gasteiger partial charge in [-0.1, -0.05) is 41.9 Å². The van der Waals surface area contributed by atoms with Gasteiger partial charge >= 0.3 is 11.9 Å². The number of nitriles is 1. The van der Waals surface area contributed by atoms with Crippen LogP contribution in [0.5, 0.6) is 0 Å². The first-order valence-corrected chi connectivity index (χ1v) is 9.10. The van der Waals surface area contributed by atoms with Crippen molar-refractivity contribution in [1.82, 2.24) is 0 Å². The van der Waals surface area contributed by atoms with Crippen molar-refractivity contribution in [2.45, 2.75) is 18.9 Å². The molecule has 1 atom stereocenters. The Labute approximate surface area is 174 Å². The van der Waals surface area contributed by atoms with E-state index in [1.54, 1.807) is 18.2 Å². The quantitative estimate of drug-likeness (QED) is 0.481. The molecular weight excluding hydrogens is 394 g/mol. The van der Waals surface area contributed by atoms with Crippen LogP contribution in [0.1, 0.15) is 30.0 Å². The van der Waals surface area contributed by atoms with E-state index < -0.39 is 11.9 Å². The molecule has 8 heteroatoms. The number of hydrogen-bond acceptors (Lipinski definition) is 5. The van der Waals surface area contributed by atoms with Crippen molar-refractivity contribution < 1.29 is 19.8 Å². The van der Waals surface area contributed by atoms with Crippen LogP contribution in [0.15, 0.2) is 60.7 Å². The lowest BCUT2D eigenvalue weighted by atomic mass is 10.0. The molecule has 0 radical (unpaired) electrons. The van der Waals surface area contributed by atoms with Gasteiger partial charge in [0.15, 0.2) is 0 Å². The topological polar surface area (TPSA) is 136 Å². The molecule has 29 heavy (non-hydrogen) atoms. The monoisotopic (exact) mass is 415 g/mol. The third-order valence-corrected chi connectivity index (χ3v) is 3.93. The zero-order chi connectivity index (χ0) is 21.6. The summed E-state index contributed by atoms with van der Waals surface area (Å²) in [6.07, 6.45) is 2.93. The number of halogens is 1. The van der Waals surface area contributed by atoms with Crippen molar-refractivity contribution in [3.63, 3.8) is 0 Å².